The van der Waals surface area contributed by atoms with Crippen molar-refractivity contribution in [2.24, 2.45) is 0 Å². The number of hydrogen-bond donors (Lipinski definition) is 1. The Labute approximate surface area is 181 Å². The van der Waals surface area contributed by atoms with Crippen molar-refractivity contribution in [2.75, 3.05) is 26.2 Å². The van der Waals surface area contributed by atoms with Gasteiger partial charge in [-0.1, -0.05) is 5.21 Å². The van der Waals surface area contributed by atoms with Crippen molar-refractivity contribution in [1.82, 2.24) is 39.9 Å². The first-order valence-electron chi connectivity index (χ1n) is 10.8. The lowest BCUT2D eigenvalue weighted by atomic mass is 10.0. The Morgan fingerprint density at radius 1 is 1.29 bits per heavy atom. The number of nitrogens with zero attached hydrogens (tertiary/aromatic N) is 7. The molecule has 1 atom stereocenters. The molecule has 1 unspecified atom stereocenters. The van der Waals surface area contributed by atoms with E-state index in [-0.39, 0.29) is 18.5 Å². The summed E-state index contributed by atoms with van der Waals surface area (Å²) in [4.78, 5) is 28.4. The van der Waals surface area contributed by atoms with Gasteiger partial charge in [-0.15, -0.1) is 5.10 Å². The van der Waals surface area contributed by atoms with Crippen LogP contribution in [0.1, 0.15) is 37.2 Å². The fourth-order valence-electron chi connectivity index (χ4n) is 4.21. The zero-order valence-corrected chi connectivity index (χ0v) is 18.4. The van der Waals surface area contributed by atoms with E-state index < -0.39 is 5.60 Å². The van der Waals surface area contributed by atoms with Crippen LogP contribution in [0.15, 0.2) is 12.4 Å². The Bertz CT molecular complexity index is 950. The molecule has 2 aliphatic heterocycles. The van der Waals surface area contributed by atoms with Crippen molar-refractivity contribution in [2.45, 2.75) is 59.0 Å². The average molecular weight is 431 g/mol. The third-order valence-electron chi connectivity index (χ3n) is 6.06. The van der Waals surface area contributed by atoms with Gasteiger partial charge in [-0.3, -0.25) is 9.48 Å². The molecule has 11 nitrogen and oxygen atoms in total. The number of aromatic nitrogens is 5. The predicted octanol–water partition coefficient (Wildman–Crippen LogP) is 0.536. The highest BCUT2D eigenvalue weighted by Crippen LogP contribution is 2.32. The lowest BCUT2D eigenvalue weighted by Gasteiger charge is -2.34. The number of aryl methyl sites for hydroxylation is 1. The van der Waals surface area contributed by atoms with Gasteiger partial charge >= 0.3 is 6.03 Å². The van der Waals surface area contributed by atoms with Gasteiger partial charge in [-0.05, 0) is 32.8 Å². The van der Waals surface area contributed by atoms with E-state index >= 15 is 0 Å². The molecule has 0 aliphatic carbocycles. The number of carbonyl (C=O) groups excluding carboxylic acids is 2. The SMILES string of the molecule is CCN(CC)C(=O)NCc1nnn2c1COC1(CCN(C(=O)Cn3cc(C)cn3)C1)C2. The van der Waals surface area contributed by atoms with Crippen LogP contribution in [-0.4, -0.2) is 78.3 Å². The number of ether oxygens (including phenoxy) is 1. The summed E-state index contributed by atoms with van der Waals surface area (Å²) in [5.41, 5.74) is 2.18. The number of urea groups is 1. The second-order valence-corrected chi connectivity index (χ2v) is 8.22. The third-order valence-corrected chi connectivity index (χ3v) is 6.06. The second kappa shape index (κ2) is 8.66. The van der Waals surface area contributed by atoms with Gasteiger partial charge in [0.05, 0.1) is 38.1 Å². The molecule has 2 aromatic rings. The highest BCUT2D eigenvalue weighted by atomic mass is 16.5. The van der Waals surface area contributed by atoms with Gasteiger partial charge in [0.25, 0.3) is 0 Å². The molecular formula is C20H30N8O3. The van der Waals surface area contributed by atoms with Crippen LogP contribution in [-0.2, 0) is 35.8 Å². The molecule has 0 aromatic carbocycles. The zero-order chi connectivity index (χ0) is 22.0. The van der Waals surface area contributed by atoms with Gasteiger partial charge < -0.3 is 19.9 Å². The van der Waals surface area contributed by atoms with E-state index in [1.165, 1.54) is 0 Å². The molecule has 4 heterocycles. The second-order valence-electron chi connectivity index (χ2n) is 8.22. The summed E-state index contributed by atoms with van der Waals surface area (Å²) in [5.74, 6) is 0.0350. The maximum Gasteiger partial charge on any atom is 0.317 e. The van der Waals surface area contributed by atoms with Crippen molar-refractivity contribution in [3.8, 4) is 0 Å². The van der Waals surface area contributed by atoms with Crippen LogP contribution in [0, 0.1) is 6.92 Å². The summed E-state index contributed by atoms with van der Waals surface area (Å²) in [5, 5.41) is 15.6. The number of likely N-dealkylation sites (tertiary alicyclic amines) is 1. The van der Waals surface area contributed by atoms with Crippen LogP contribution < -0.4 is 5.32 Å². The minimum Gasteiger partial charge on any atom is -0.365 e. The van der Waals surface area contributed by atoms with E-state index in [1.54, 1.807) is 15.8 Å². The zero-order valence-electron chi connectivity index (χ0n) is 18.4. The molecule has 0 saturated carbocycles. The maximum absolute atomic E-state index is 12.7. The number of hydrogen-bond acceptors (Lipinski definition) is 6. The third kappa shape index (κ3) is 4.41. The highest BCUT2D eigenvalue weighted by molar-refractivity contribution is 5.76. The molecule has 4 rings (SSSR count). The monoisotopic (exact) mass is 430 g/mol. The topological polar surface area (TPSA) is 110 Å². The van der Waals surface area contributed by atoms with Crippen LogP contribution in [0.3, 0.4) is 0 Å². The van der Waals surface area contributed by atoms with Crippen molar-refractivity contribution in [3.63, 3.8) is 0 Å². The van der Waals surface area contributed by atoms with Crippen molar-refractivity contribution >= 4 is 11.9 Å². The average Bonchev–Trinajstić information content (AvgIpc) is 3.46. The molecule has 31 heavy (non-hydrogen) atoms. The van der Waals surface area contributed by atoms with Gasteiger partial charge in [-0.2, -0.15) is 5.10 Å². The Hall–Kier alpha value is -2.95. The Balaban J connectivity index is 1.35. The van der Waals surface area contributed by atoms with Crippen LogP contribution in [0.2, 0.25) is 0 Å². The van der Waals surface area contributed by atoms with Gasteiger partial charge in [-0.25, -0.2) is 9.48 Å². The summed E-state index contributed by atoms with van der Waals surface area (Å²) in [7, 11) is 0. The molecular weight excluding hydrogens is 400 g/mol. The van der Waals surface area contributed by atoms with Crippen LogP contribution in [0.25, 0.3) is 0 Å². The highest BCUT2D eigenvalue weighted by Gasteiger charge is 2.44. The molecule has 1 fully saturated rings. The normalized spacial score (nSPS) is 20.2. The molecule has 1 N–H and O–H groups in total. The quantitative estimate of drug-likeness (QED) is 0.716. The molecule has 2 aliphatic rings. The molecule has 168 valence electrons. The molecule has 2 aromatic heterocycles. The van der Waals surface area contributed by atoms with E-state index in [4.69, 9.17) is 4.74 Å². The summed E-state index contributed by atoms with van der Waals surface area (Å²) in [6, 6.07) is -0.114. The summed E-state index contributed by atoms with van der Waals surface area (Å²) in [6.07, 6.45) is 4.37. The lowest BCUT2D eigenvalue weighted by Crippen LogP contribution is -2.45. The number of nitrogens with one attached hydrogen (secondary N) is 1. The number of carbonyl (C=O) groups is 2. The smallest absolute Gasteiger partial charge is 0.317 e. The first-order valence-corrected chi connectivity index (χ1v) is 10.8. The van der Waals surface area contributed by atoms with Gasteiger partial charge in [0, 0.05) is 25.8 Å². The van der Waals surface area contributed by atoms with Crippen molar-refractivity contribution in [1.29, 1.82) is 0 Å². The fourth-order valence-corrected chi connectivity index (χ4v) is 4.21. The largest absolute Gasteiger partial charge is 0.365 e. The first kappa shape index (κ1) is 21.3. The summed E-state index contributed by atoms with van der Waals surface area (Å²) in [6.45, 7) is 9.79. The van der Waals surface area contributed by atoms with E-state index in [9.17, 15) is 9.59 Å². The van der Waals surface area contributed by atoms with Gasteiger partial charge in [0.1, 0.15) is 17.8 Å². The Morgan fingerprint density at radius 3 is 2.81 bits per heavy atom. The van der Waals surface area contributed by atoms with Crippen LogP contribution in [0.4, 0.5) is 4.79 Å². The van der Waals surface area contributed by atoms with E-state index in [0.29, 0.717) is 45.9 Å². The predicted molar refractivity (Wildman–Crippen MR) is 111 cm³/mol. The summed E-state index contributed by atoms with van der Waals surface area (Å²) >= 11 is 0. The minimum absolute atomic E-state index is 0.0350. The molecule has 0 radical (unpaired) electrons. The van der Waals surface area contributed by atoms with Crippen LogP contribution in [0.5, 0.6) is 0 Å². The maximum atomic E-state index is 12.7. The molecule has 11 heteroatoms. The number of rotatable bonds is 6. The standard InChI is InChI=1S/C20H30N8O3/c1-4-25(5-2)19(30)21-9-16-17-12-31-20(14-28(17)24-23-16)6-7-26(13-20)18(29)11-27-10-15(3)8-22-27/h8,10H,4-7,9,11-14H2,1-3H3,(H,21,30). The molecule has 0 bridgehead atoms. The summed E-state index contributed by atoms with van der Waals surface area (Å²) < 4.78 is 9.76. The lowest BCUT2D eigenvalue weighted by molar-refractivity contribution is -0.134. The number of fused-ring (bicyclic) bond motifs is 1. The van der Waals surface area contributed by atoms with Crippen molar-refractivity contribution in [3.05, 3.63) is 29.3 Å². The van der Waals surface area contributed by atoms with Crippen molar-refractivity contribution < 1.29 is 14.3 Å². The molecule has 3 amide bonds. The first-order chi connectivity index (χ1) is 14.9. The van der Waals surface area contributed by atoms with E-state index in [0.717, 1.165) is 23.4 Å². The molecule has 1 saturated heterocycles. The molecule has 1 spiro atoms. The number of amides is 3. The van der Waals surface area contributed by atoms with E-state index in [2.05, 4.69) is 20.7 Å². The fraction of sp³-hybridized carbons (Fsp3) is 0.650. The van der Waals surface area contributed by atoms with E-state index in [1.807, 2.05) is 36.5 Å². The Morgan fingerprint density at radius 2 is 2.10 bits per heavy atom. The van der Waals surface area contributed by atoms with Gasteiger partial charge in [0.15, 0.2) is 0 Å². The van der Waals surface area contributed by atoms with Gasteiger partial charge in [0.2, 0.25) is 5.91 Å². The van der Waals surface area contributed by atoms with Crippen LogP contribution >= 0.6 is 0 Å². The minimum atomic E-state index is -0.446. The Kier molecular flexibility index (Phi) is 5.94.